The molecule has 1 aromatic heterocycles. The van der Waals surface area contributed by atoms with Crippen molar-refractivity contribution in [3.05, 3.63) is 64.0 Å². The maximum Gasteiger partial charge on any atom is 0.287 e. The first-order chi connectivity index (χ1) is 13.3. The van der Waals surface area contributed by atoms with Gasteiger partial charge in [0.25, 0.3) is 21.5 Å². The standard InChI is InChI=1S/C17H13FN4O5S/c18-10-2-3-12-11(6-10)16(23)21-15(20-12)17(24)19-7-9-1-4-14-13(5-9)22-28(25,26)8-27-14/h1-6,22H,7-8H2,(H,19,24)(H,20,21,23). The molecule has 0 spiro atoms. The van der Waals surface area contributed by atoms with Gasteiger partial charge < -0.3 is 15.0 Å². The topological polar surface area (TPSA) is 130 Å². The predicted octanol–water partition coefficient (Wildman–Crippen LogP) is 1.08. The highest BCUT2D eigenvalue weighted by atomic mass is 32.2. The SMILES string of the molecule is O=C(NCc1ccc2c(c1)NS(=O)(=O)CO2)c1nc2ccc(F)cc2c(=O)[nH]1. The van der Waals surface area contributed by atoms with Gasteiger partial charge in [-0.1, -0.05) is 6.07 Å². The fourth-order valence-electron chi connectivity index (χ4n) is 2.72. The van der Waals surface area contributed by atoms with E-state index in [9.17, 15) is 22.4 Å². The first kappa shape index (κ1) is 17.9. The van der Waals surface area contributed by atoms with Gasteiger partial charge in [0.05, 0.1) is 16.6 Å². The van der Waals surface area contributed by atoms with Crippen molar-refractivity contribution >= 4 is 32.5 Å². The van der Waals surface area contributed by atoms with Crippen LogP contribution < -0.4 is 20.3 Å². The van der Waals surface area contributed by atoms with E-state index in [4.69, 9.17) is 4.74 Å². The first-order valence-corrected chi connectivity index (χ1v) is 9.70. The summed E-state index contributed by atoms with van der Waals surface area (Å²) in [7, 11) is -3.55. The van der Waals surface area contributed by atoms with Crippen LogP contribution >= 0.6 is 0 Å². The third-order valence-electron chi connectivity index (χ3n) is 4.01. The number of hydrogen-bond donors (Lipinski definition) is 3. The molecule has 28 heavy (non-hydrogen) atoms. The zero-order chi connectivity index (χ0) is 19.9. The molecule has 0 saturated heterocycles. The average molecular weight is 404 g/mol. The van der Waals surface area contributed by atoms with Crippen LogP contribution in [0.15, 0.2) is 41.2 Å². The molecule has 0 aliphatic carbocycles. The molecule has 3 aromatic rings. The molecule has 1 aliphatic heterocycles. The van der Waals surface area contributed by atoms with Gasteiger partial charge in [0.2, 0.25) is 5.94 Å². The van der Waals surface area contributed by atoms with Crippen LogP contribution in [0.3, 0.4) is 0 Å². The fraction of sp³-hybridized carbons (Fsp3) is 0.118. The van der Waals surface area contributed by atoms with E-state index < -0.39 is 33.2 Å². The van der Waals surface area contributed by atoms with Crippen LogP contribution in [-0.2, 0) is 16.6 Å². The summed E-state index contributed by atoms with van der Waals surface area (Å²) in [4.78, 5) is 30.7. The summed E-state index contributed by atoms with van der Waals surface area (Å²) in [6.07, 6.45) is 0. The quantitative estimate of drug-likeness (QED) is 0.599. The maximum absolute atomic E-state index is 13.2. The van der Waals surface area contributed by atoms with Gasteiger partial charge in [0.15, 0.2) is 5.82 Å². The zero-order valence-electron chi connectivity index (χ0n) is 14.2. The molecule has 144 valence electrons. The molecule has 0 unspecified atom stereocenters. The van der Waals surface area contributed by atoms with Gasteiger partial charge in [0, 0.05) is 6.54 Å². The van der Waals surface area contributed by atoms with Crippen LogP contribution in [-0.4, -0.2) is 30.2 Å². The van der Waals surface area contributed by atoms with Crippen molar-refractivity contribution in [1.82, 2.24) is 15.3 Å². The van der Waals surface area contributed by atoms with Gasteiger partial charge >= 0.3 is 0 Å². The molecule has 4 rings (SSSR count). The number of anilines is 1. The molecule has 2 heterocycles. The Bertz CT molecular complexity index is 1270. The molecule has 0 atom stereocenters. The van der Waals surface area contributed by atoms with E-state index in [0.29, 0.717) is 11.3 Å². The van der Waals surface area contributed by atoms with Crippen LogP contribution in [0.2, 0.25) is 0 Å². The van der Waals surface area contributed by atoms with Crippen LogP contribution in [0.1, 0.15) is 16.2 Å². The molecule has 9 nitrogen and oxygen atoms in total. The summed E-state index contributed by atoms with van der Waals surface area (Å²) in [6, 6.07) is 8.28. The number of nitrogens with zero attached hydrogens (tertiary/aromatic N) is 1. The minimum atomic E-state index is -3.55. The highest BCUT2D eigenvalue weighted by molar-refractivity contribution is 7.92. The van der Waals surface area contributed by atoms with Crippen molar-refractivity contribution in [3.63, 3.8) is 0 Å². The second-order valence-electron chi connectivity index (χ2n) is 6.07. The van der Waals surface area contributed by atoms with Crippen molar-refractivity contribution in [2.45, 2.75) is 6.54 Å². The van der Waals surface area contributed by atoms with E-state index in [1.165, 1.54) is 12.1 Å². The minimum Gasteiger partial charge on any atom is -0.474 e. The molecule has 2 aromatic carbocycles. The van der Waals surface area contributed by atoms with Crippen LogP contribution in [0, 0.1) is 5.82 Å². The zero-order valence-corrected chi connectivity index (χ0v) is 15.0. The number of hydrogen-bond acceptors (Lipinski definition) is 6. The van der Waals surface area contributed by atoms with Gasteiger partial charge in [0.1, 0.15) is 11.6 Å². The Morgan fingerprint density at radius 1 is 1.25 bits per heavy atom. The summed E-state index contributed by atoms with van der Waals surface area (Å²) >= 11 is 0. The smallest absolute Gasteiger partial charge is 0.287 e. The summed E-state index contributed by atoms with van der Waals surface area (Å²) in [5.41, 5.74) is 0.438. The number of aromatic amines is 1. The molecular formula is C17H13FN4O5S. The lowest BCUT2D eigenvalue weighted by Gasteiger charge is -2.19. The minimum absolute atomic E-state index is 0.0403. The Kier molecular flexibility index (Phi) is 4.23. The van der Waals surface area contributed by atoms with E-state index in [-0.39, 0.29) is 29.0 Å². The Balaban J connectivity index is 1.53. The lowest BCUT2D eigenvalue weighted by molar-refractivity contribution is 0.0940. The van der Waals surface area contributed by atoms with Crippen LogP contribution in [0.5, 0.6) is 5.75 Å². The van der Waals surface area contributed by atoms with Crippen molar-refractivity contribution in [3.8, 4) is 5.75 Å². The van der Waals surface area contributed by atoms with Gasteiger partial charge in [-0.15, -0.1) is 0 Å². The number of halogens is 1. The second kappa shape index (κ2) is 6.60. The number of rotatable bonds is 3. The van der Waals surface area contributed by atoms with E-state index in [1.54, 1.807) is 12.1 Å². The lowest BCUT2D eigenvalue weighted by Crippen LogP contribution is -2.28. The van der Waals surface area contributed by atoms with Crippen molar-refractivity contribution in [2.24, 2.45) is 0 Å². The third kappa shape index (κ3) is 3.51. The van der Waals surface area contributed by atoms with E-state index in [0.717, 1.165) is 12.1 Å². The van der Waals surface area contributed by atoms with Gasteiger partial charge in [-0.3, -0.25) is 14.3 Å². The van der Waals surface area contributed by atoms with Gasteiger partial charge in [-0.2, -0.15) is 0 Å². The number of nitrogens with one attached hydrogen (secondary N) is 3. The molecule has 0 bridgehead atoms. The summed E-state index contributed by atoms with van der Waals surface area (Å²) in [5, 5.41) is 2.62. The largest absolute Gasteiger partial charge is 0.474 e. The Labute approximate surface area is 157 Å². The van der Waals surface area contributed by atoms with Crippen LogP contribution in [0.4, 0.5) is 10.1 Å². The van der Waals surface area contributed by atoms with Gasteiger partial charge in [-0.25, -0.2) is 17.8 Å². The van der Waals surface area contributed by atoms with Crippen molar-refractivity contribution in [2.75, 3.05) is 10.7 Å². The van der Waals surface area contributed by atoms with Crippen molar-refractivity contribution < 1.29 is 22.3 Å². The molecule has 0 saturated carbocycles. The number of ether oxygens (including phenoxy) is 1. The summed E-state index contributed by atoms with van der Waals surface area (Å²) in [6.45, 7) is 0.0546. The number of aromatic nitrogens is 2. The molecule has 0 fully saturated rings. The monoisotopic (exact) mass is 404 g/mol. The highest BCUT2D eigenvalue weighted by Gasteiger charge is 2.21. The normalized spacial score (nSPS) is 14.6. The number of carbonyl (C=O) groups excluding carboxylic acids is 1. The van der Waals surface area contributed by atoms with Crippen LogP contribution in [0.25, 0.3) is 10.9 Å². The Hall–Kier alpha value is -3.47. The van der Waals surface area contributed by atoms with E-state index in [1.807, 2.05) is 0 Å². The Morgan fingerprint density at radius 2 is 2.07 bits per heavy atom. The third-order valence-corrected chi connectivity index (χ3v) is 4.97. The molecule has 11 heteroatoms. The maximum atomic E-state index is 13.2. The van der Waals surface area contributed by atoms with Gasteiger partial charge in [-0.05, 0) is 35.9 Å². The lowest BCUT2D eigenvalue weighted by atomic mass is 10.2. The number of carbonyl (C=O) groups is 1. The highest BCUT2D eigenvalue weighted by Crippen LogP contribution is 2.30. The van der Waals surface area contributed by atoms with Crippen molar-refractivity contribution in [1.29, 1.82) is 0 Å². The average Bonchev–Trinajstić information content (AvgIpc) is 2.65. The summed E-state index contributed by atoms with van der Waals surface area (Å²) < 4.78 is 43.9. The number of sulfonamides is 1. The second-order valence-corrected chi connectivity index (χ2v) is 7.74. The number of benzene rings is 2. The van der Waals surface area contributed by atoms with E-state index >= 15 is 0 Å². The Morgan fingerprint density at radius 3 is 2.89 bits per heavy atom. The molecular weight excluding hydrogens is 391 g/mol. The van der Waals surface area contributed by atoms with E-state index in [2.05, 4.69) is 20.0 Å². The summed E-state index contributed by atoms with van der Waals surface area (Å²) in [5.74, 6) is -1.51. The molecule has 0 radical (unpaired) electrons. The number of amides is 1. The molecule has 3 N–H and O–H groups in total. The number of fused-ring (bicyclic) bond motifs is 2. The fourth-order valence-corrected chi connectivity index (χ4v) is 3.55. The predicted molar refractivity (Wildman–Crippen MR) is 98.0 cm³/mol. The first-order valence-electron chi connectivity index (χ1n) is 8.05. The molecule has 1 aliphatic rings. The molecule has 1 amide bonds. The number of H-pyrrole nitrogens is 1.